The zero-order valence-electron chi connectivity index (χ0n) is 12.8. The number of H-pyrrole nitrogens is 1. The maximum Gasteiger partial charge on any atom is 0.239 e. The number of hydrogen-bond donors (Lipinski definition) is 3. The van der Waals surface area contributed by atoms with Gasteiger partial charge in [0.1, 0.15) is 11.8 Å². The lowest BCUT2D eigenvalue weighted by Crippen LogP contribution is -2.50. The second-order valence-electron chi connectivity index (χ2n) is 5.80. The number of nitrogens with zero attached hydrogens (tertiary/aromatic N) is 4. The summed E-state index contributed by atoms with van der Waals surface area (Å²) < 4.78 is 0. The van der Waals surface area contributed by atoms with Crippen LogP contribution in [0.3, 0.4) is 0 Å². The fourth-order valence-corrected chi connectivity index (χ4v) is 2.81. The van der Waals surface area contributed by atoms with Gasteiger partial charge in [0.05, 0.1) is 12.9 Å². The molecular formula is C14H21N7O. The molecule has 0 saturated carbocycles. The Balaban J connectivity index is 1.64. The van der Waals surface area contributed by atoms with Gasteiger partial charge in [-0.25, -0.2) is 15.0 Å². The molecule has 1 saturated heterocycles. The largest absolute Gasteiger partial charge is 0.351 e. The molecule has 2 unspecified atom stereocenters. The van der Waals surface area contributed by atoms with E-state index in [1.807, 2.05) is 11.9 Å². The highest BCUT2D eigenvalue weighted by Gasteiger charge is 2.23. The van der Waals surface area contributed by atoms with Crippen molar-refractivity contribution in [3.8, 4) is 0 Å². The van der Waals surface area contributed by atoms with E-state index in [4.69, 9.17) is 0 Å². The lowest BCUT2D eigenvalue weighted by molar-refractivity contribution is -0.120. The molecule has 1 aliphatic heterocycles. The van der Waals surface area contributed by atoms with E-state index in [0.717, 1.165) is 25.0 Å². The molecule has 1 amide bonds. The number of nitrogens with one attached hydrogen (secondary N) is 3. The number of carbonyl (C=O) groups is 1. The molecule has 118 valence electrons. The van der Waals surface area contributed by atoms with Crippen molar-refractivity contribution in [1.82, 2.24) is 30.6 Å². The number of carbonyl (C=O) groups excluding carboxylic acids is 1. The summed E-state index contributed by atoms with van der Waals surface area (Å²) in [6.07, 6.45) is 4.00. The first-order chi connectivity index (χ1) is 10.6. The first-order valence-electron chi connectivity index (χ1n) is 7.50. The summed E-state index contributed by atoms with van der Waals surface area (Å²) in [4.78, 5) is 29.5. The first-order valence-corrected chi connectivity index (χ1v) is 7.50. The van der Waals surface area contributed by atoms with Gasteiger partial charge in [-0.15, -0.1) is 0 Å². The topological polar surface area (TPSA) is 98.8 Å². The minimum absolute atomic E-state index is 0.00697. The number of anilines is 1. The molecule has 0 bridgehead atoms. The van der Waals surface area contributed by atoms with E-state index in [2.05, 4.69) is 37.5 Å². The van der Waals surface area contributed by atoms with Gasteiger partial charge in [-0.3, -0.25) is 4.79 Å². The molecule has 3 rings (SSSR count). The molecule has 1 fully saturated rings. The first kappa shape index (κ1) is 14.7. The van der Waals surface area contributed by atoms with Crippen LogP contribution < -0.4 is 15.5 Å². The monoisotopic (exact) mass is 303 g/mol. The van der Waals surface area contributed by atoms with Gasteiger partial charge in [-0.05, 0) is 25.4 Å². The van der Waals surface area contributed by atoms with Crippen molar-refractivity contribution in [1.29, 1.82) is 0 Å². The zero-order valence-corrected chi connectivity index (χ0v) is 12.8. The van der Waals surface area contributed by atoms with Gasteiger partial charge in [0.2, 0.25) is 5.91 Å². The Morgan fingerprint density at radius 3 is 3.14 bits per heavy atom. The Morgan fingerprint density at radius 2 is 2.32 bits per heavy atom. The van der Waals surface area contributed by atoms with Crippen LogP contribution in [0.4, 0.5) is 5.82 Å². The van der Waals surface area contributed by atoms with Crippen LogP contribution in [0.5, 0.6) is 0 Å². The summed E-state index contributed by atoms with van der Waals surface area (Å²) in [7, 11) is 1.84. The number of fused-ring (bicyclic) bond motifs is 1. The number of amides is 1. The number of likely N-dealkylation sites (N-methyl/N-ethyl adjacent to an activating group) is 1. The fourth-order valence-electron chi connectivity index (χ4n) is 2.81. The molecule has 0 radical (unpaired) electrons. The molecule has 2 aromatic heterocycles. The summed E-state index contributed by atoms with van der Waals surface area (Å²) in [5, 5.41) is 6.45. The lowest BCUT2D eigenvalue weighted by atomic mass is 9.95. The second kappa shape index (κ2) is 6.27. The van der Waals surface area contributed by atoms with E-state index < -0.39 is 0 Å². The molecule has 0 aromatic carbocycles. The van der Waals surface area contributed by atoms with Crippen LogP contribution in [0.1, 0.15) is 13.3 Å². The molecule has 2 aromatic rings. The normalized spacial score (nSPS) is 21.7. The van der Waals surface area contributed by atoms with Gasteiger partial charge in [0, 0.05) is 13.1 Å². The highest BCUT2D eigenvalue weighted by molar-refractivity contribution is 5.87. The predicted molar refractivity (Wildman–Crippen MR) is 83.5 cm³/mol. The van der Waals surface area contributed by atoms with Crippen molar-refractivity contribution in [3.63, 3.8) is 0 Å². The molecule has 8 heteroatoms. The molecule has 3 N–H and O–H groups in total. The van der Waals surface area contributed by atoms with Crippen molar-refractivity contribution < 1.29 is 4.79 Å². The highest BCUT2D eigenvalue weighted by Crippen LogP contribution is 2.18. The second-order valence-corrected chi connectivity index (χ2v) is 5.80. The average molecular weight is 303 g/mol. The van der Waals surface area contributed by atoms with E-state index in [1.54, 1.807) is 6.33 Å². The number of aromatic nitrogens is 4. The maximum atomic E-state index is 12.3. The van der Waals surface area contributed by atoms with Gasteiger partial charge >= 0.3 is 0 Å². The Bertz CT molecular complexity index is 655. The Kier molecular flexibility index (Phi) is 4.19. The van der Waals surface area contributed by atoms with E-state index >= 15 is 0 Å². The number of hydrogen-bond acceptors (Lipinski definition) is 6. The summed E-state index contributed by atoms with van der Waals surface area (Å²) in [6, 6.07) is 0.236. The average Bonchev–Trinajstić information content (AvgIpc) is 2.97. The zero-order chi connectivity index (χ0) is 15.5. The van der Waals surface area contributed by atoms with E-state index in [1.165, 1.54) is 6.33 Å². The number of aromatic amines is 1. The van der Waals surface area contributed by atoms with E-state index in [9.17, 15) is 4.79 Å². The minimum atomic E-state index is 0.00697. The van der Waals surface area contributed by atoms with Crippen LogP contribution in [0.15, 0.2) is 12.7 Å². The Hall–Kier alpha value is -2.22. The van der Waals surface area contributed by atoms with Crippen LogP contribution in [0, 0.1) is 5.92 Å². The Morgan fingerprint density at radius 1 is 1.45 bits per heavy atom. The third-order valence-corrected chi connectivity index (χ3v) is 4.08. The SMILES string of the molecule is CC1CNCCC1NC(=O)CN(C)c1ncnc2nc[nH]c12. The molecule has 1 aliphatic rings. The maximum absolute atomic E-state index is 12.3. The van der Waals surface area contributed by atoms with E-state index in [-0.39, 0.29) is 18.5 Å². The van der Waals surface area contributed by atoms with Crippen LogP contribution in [-0.2, 0) is 4.79 Å². The van der Waals surface area contributed by atoms with Crippen LogP contribution in [0.25, 0.3) is 11.2 Å². The van der Waals surface area contributed by atoms with Gasteiger partial charge in [-0.2, -0.15) is 0 Å². The van der Waals surface area contributed by atoms with Gasteiger partial charge in [0.25, 0.3) is 0 Å². The highest BCUT2D eigenvalue weighted by atomic mass is 16.2. The Labute approximate surface area is 128 Å². The molecular weight excluding hydrogens is 282 g/mol. The molecule has 3 heterocycles. The van der Waals surface area contributed by atoms with Gasteiger partial charge in [-0.1, -0.05) is 6.92 Å². The van der Waals surface area contributed by atoms with Crippen molar-refractivity contribution in [2.24, 2.45) is 5.92 Å². The molecule has 2 atom stereocenters. The van der Waals surface area contributed by atoms with Crippen LogP contribution in [0.2, 0.25) is 0 Å². The summed E-state index contributed by atoms with van der Waals surface area (Å²) in [5.41, 5.74) is 1.34. The molecule has 22 heavy (non-hydrogen) atoms. The summed E-state index contributed by atoms with van der Waals surface area (Å²) in [5.74, 6) is 1.13. The summed E-state index contributed by atoms with van der Waals surface area (Å²) in [6.45, 7) is 4.30. The van der Waals surface area contributed by atoms with Crippen LogP contribution in [-0.4, -0.2) is 58.6 Å². The minimum Gasteiger partial charge on any atom is -0.351 e. The third-order valence-electron chi connectivity index (χ3n) is 4.08. The predicted octanol–water partition coefficient (Wildman–Crippen LogP) is -0.0967. The summed E-state index contributed by atoms with van der Waals surface area (Å²) >= 11 is 0. The smallest absolute Gasteiger partial charge is 0.239 e. The lowest BCUT2D eigenvalue weighted by Gasteiger charge is -2.30. The third kappa shape index (κ3) is 3.01. The van der Waals surface area contributed by atoms with Gasteiger partial charge in [0.15, 0.2) is 11.5 Å². The molecule has 0 spiro atoms. The van der Waals surface area contributed by atoms with Gasteiger partial charge < -0.3 is 20.5 Å². The number of piperidine rings is 1. The molecule has 8 nitrogen and oxygen atoms in total. The quantitative estimate of drug-likeness (QED) is 0.730. The van der Waals surface area contributed by atoms with Crippen LogP contribution >= 0.6 is 0 Å². The van der Waals surface area contributed by atoms with E-state index in [0.29, 0.717) is 17.4 Å². The van der Waals surface area contributed by atoms with Crippen molar-refractivity contribution >= 4 is 22.9 Å². The van der Waals surface area contributed by atoms with Crippen molar-refractivity contribution in [3.05, 3.63) is 12.7 Å². The van der Waals surface area contributed by atoms with Crippen molar-refractivity contribution in [2.75, 3.05) is 31.6 Å². The fraction of sp³-hybridized carbons (Fsp3) is 0.571. The standard InChI is InChI=1S/C14H21N7O/c1-9-5-15-4-3-10(9)20-11(22)6-21(2)14-12-13(17-7-16-12)18-8-19-14/h7-10,15H,3-6H2,1-2H3,(H,20,22)(H,16,17,18,19). The molecule has 0 aliphatic carbocycles. The number of imidazole rings is 1. The van der Waals surface area contributed by atoms with Crippen molar-refractivity contribution in [2.45, 2.75) is 19.4 Å². The number of rotatable bonds is 4.